The largest absolute Gasteiger partial charge is 0.489 e. The van der Waals surface area contributed by atoms with Crippen molar-refractivity contribution < 1.29 is 19.0 Å². The maximum atomic E-state index is 14.0. The highest BCUT2D eigenvalue weighted by Gasteiger charge is 2.36. The van der Waals surface area contributed by atoms with E-state index in [1.807, 2.05) is 20.9 Å². The summed E-state index contributed by atoms with van der Waals surface area (Å²) in [4.78, 5) is 21.8. The molecule has 1 fully saturated rings. The Bertz CT molecular complexity index is 1270. The Morgan fingerprint density at radius 2 is 2.09 bits per heavy atom. The second-order valence-electron chi connectivity index (χ2n) is 9.13. The van der Waals surface area contributed by atoms with Crippen molar-refractivity contribution in [2.24, 2.45) is 0 Å². The maximum Gasteiger partial charge on any atom is 0.258 e. The van der Waals surface area contributed by atoms with Crippen LogP contribution in [0.1, 0.15) is 45.8 Å². The van der Waals surface area contributed by atoms with Crippen LogP contribution in [0.4, 0.5) is 4.39 Å². The molecule has 1 saturated carbocycles. The van der Waals surface area contributed by atoms with E-state index < -0.39 is 5.82 Å². The number of amides is 1. The number of benzene rings is 1. The maximum absolute atomic E-state index is 14.0. The fourth-order valence-corrected chi connectivity index (χ4v) is 4.83. The number of carbonyl (C=O) groups excluding carboxylic acids is 1. The molecule has 0 spiro atoms. The Labute approximate surface area is 201 Å². The number of aliphatic hydroxyl groups excluding tert-OH is 1. The lowest BCUT2D eigenvalue weighted by Crippen LogP contribution is -2.48. The lowest BCUT2D eigenvalue weighted by Gasteiger charge is -2.41. The third-order valence-electron chi connectivity index (χ3n) is 6.86. The fraction of sp³-hybridized carbons (Fsp3) is 0.458. The molecule has 3 heterocycles. The molecule has 1 aliphatic heterocycles. The number of nitrogens with zero attached hydrogens (tertiary/aromatic N) is 5. The van der Waals surface area contributed by atoms with E-state index in [9.17, 15) is 9.18 Å². The van der Waals surface area contributed by atoms with Gasteiger partial charge in [0.2, 0.25) is 0 Å². The van der Waals surface area contributed by atoms with Crippen LogP contribution < -0.4 is 4.74 Å². The van der Waals surface area contributed by atoms with Crippen LogP contribution in [0.3, 0.4) is 0 Å². The highest BCUT2D eigenvalue weighted by molar-refractivity contribution is 6.31. The molecule has 8 nitrogen and oxygen atoms in total. The smallest absolute Gasteiger partial charge is 0.258 e. The summed E-state index contributed by atoms with van der Waals surface area (Å²) >= 11 is 6.32. The Kier molecular flexibility index (Phi) is 5.95. The van der Waals surface area contributed by atoms with Crippen LogP contribution in [-0.4, -0.2) is 67.8 Å². The van der Waals surface area contributed by atoms with Gasteiger partial charge in [-0.05, 0) is 33.0 Å². The third-order valence-corrected chi connectivity index (χ3v) is 7.40. The standard InChI is InChI=1S/C24H27ClFN5O3/c1-13-22(25)14(2)31-23(27-13)19-11-30(12-20(19)28-31)24(33)18-5-4-15(26)8-21(18)34-17-9-16(10-17)29(3)6-7-32/h4-5,8,16-17,32H,6-7,9-12H2,1-3H3. The van der Waals surface area contributed by atoms with Crippen molar-refractivity contribution in [3.05, 3.63) is 57.2 Å². The number of aryl methyl sites for hydroxylation is 2. The second-order valence-corrected chi connectivity index (χ2v) is 9.51. The van der Waals surface area contributed by atoms with Gasteiger partial charge in [0.05, 0.1) is 47.4 Å². The number of rotatable bonds is 6. The van der Waals surface area contributed by atoms with Crippen molar-refractivity contribution in [3.8, 4) is 5.75 Å². The highest BCUT2D eigenvalue weighted by Crippen LogP contribution is 2.34. The van der Waals surface area contributed by atoms with E-state index >= 15 is 0 Å². The molecule has 2 aromatic heterocycles. The molecule has 1 aliphatic carbocycles. The van der Waals surface area contributed by atoms with Gasteiger partial charge in [0.1, 0.15) is 17.7 Å². The van der Waals surface area contributed by atoms with Gasteiger partial charge in [0.15, 0.2) is 5.65 Å². The first-order valence-electron chi connectivity index (χ1n) is 11.4. The first-order chi connectivity index (χ1) is 16.3. The summed E-state index contributed by atoms with van der Waals surface area (Å²) in [5, 5.41) is 14.3. The van der Waals surface area contributed by atoms with E-state index in [-0.39, 0.29) is 24.4 Å². The Morgan fingerprint density at radius 3 is 2.82 bits per heavy atom. The monoisotopic (exact) mass is 487 g/mol. The van der Waals surface area contributed by atoms with Crippen LogP contribution in [0, 0.1) is 19.7 Å². The van der Waals surface area contributed by atoms with Crippen LogP contribution >= 0.6 is 11.6 Å². The third kappa shape index (κ3) is 3.91. The minimum atomic E-state index is -0.450. The minimum Gasteiger partial charge on any atom is -0.489 e. The van der Waals surface area contributed by atoms with Crippen molar-refractivity contribution in [1.29, 1.82) is 0 Å². The average molecular weight is 488 g/mol. The summed E-state index contributed by atoms with van der Waals surface area (Å²) < 4.78 is 21.8. The molecule has 1 aromatic carbocycles. The van der Waals surface area contributed by atoms with Gasteiger partial charge < -0.3 is 19.6 Å². The van der Waals surface area contributed by atoms with E-state index in [2.05, 4.69) is 15.0 Å². The van der Waals surface area contributed by atoms with Gasteiger partial charge in [-0.2, -0.15) is 5.10 Å². The predicted molar refractivity (Wildman–Crippen MR) is 125 cm³/mol. The second kappa shape index (κ2) is 8.79. The average Bonchev–Trinajstić information content (AvgIpc) is 3.33. The number of aliphatic hydroxyl groups is 1. The van der Waals surface area contributed by atoms with Crippen LogP contribution in [0.2, 0.25) is 5.02 Å². The summed E-state index contributed by atoms with van der Waals surface area (Å²) in [7, 11) is 1.96. The minimum absolute atomic E-state index is 0.0978. The molecule has 1 N–H and O–H groups in total. The SMILES string of the molecule is Cc1nc2c3c(nn2c(C)c1Cl)CN(C(=O)c1ccc(F)cc1OC1CC(N(C)CCO)C1)C3. The molecule has 0 atom stereocenters. The zero-order valence-electron chi connectivity index (χ0n) is 19.4. The van der Waals surface area contributed by atoms with Crippen LogP contribution in [0.15, 0.2) is 18.2 Å². The van der Waals surface area contributed by atoms with Gasteiger partial charge in [-0.3, -0.25) is 4.79 Å². The first-order valence-corrected chi connectivity index (χ1v) is 11.7. The summed E-state index contributed by atoms with van der Waals surface area (Å²) in [5.74, 6) is -0.426. The molecule has 3 aromatic rings. The number of fused-ring (bicyclic) bond motifs is 3. The predicted octanol–water partition coefficient (Wildman–Crippen LogP) is 3.13. The van der Waals surface area contributed by atoms with Crippen molar-refractivity contribution in [1.82, 2.24) is 24.4 Å². The molecule has 0 unspecified atom stereocenters. The number of likely N-dealkylation sites (N-methyl/N-ethyl adjacent to an activating group) is 1. The molecular weight excluding hydrogens is 461 g/mol. The molecule has 2 aliphatic rings. The summed E-state index contributed by atoms with van der Waals surface area (Å²) in [5.41, 5.74) is 4.25. The quantitative estimate of drug-likeness (QED) is 0.575. The molecule has 1 amide bonds. The van der Waals surface area contributed by atoms with E-state index in [0.29, 0.717) is 41.9 Å². The zero-order valence-corrected chi connectivity index (χ0v) is 20.1. The van der Waals surface area contributed by atoms with Crippen molar-refractivity contribution in [2.45, 2.75) is 51.9 Å². The topological polar surface area (TPSA) is 83.2 Å². The molecule has 0 saturated heterocycles. The lowest BCUT2D eigenvalue weighted by atomic mass is 9.88. The number of hydrogen-bond acceptors (Lipinski definition) is 6. The van der Waals surface area contributed by atoms with E-state index in [1.165, 1.54) is 18.2 Å². The van der Waals surface area contributed by atoms with Crippen LogP contribution in [0.25, 0.3) is 5.65 Å². The van der Waals surface area contributed by atoms with Crippen molar-refractivity contribution in [2.75, 3.05) is 20.2 Å². The van der Waals surface area contributed by atoms with E-state index in [4.69, 9.17) is 21.4 Å². The van der Waals surface area contributed by atoms with Crippen molar-refractivity contribution in [3.63, 3.8) is 0 Å². The number of hydrogen-bond donors (Lipinski definition) is 1. The van der Waals surface area contributed by atoms with Gasteiger partial charge in [-0.25, -0.2) is 13.9 Å². The Morgan fingerprint density at radius 1 is 1.32 bits per heavy atom. The molecule has 0 bridgehead atoms. The van der Waals surface area contributed by atoms with Crippen LogP contribution in [0.5, 0.6) is 5.75 Å². The van der Waals surface area contributed by atoms with Gasteiger partial charge in [-0.15, -0.1) is 0 Å². The van der Waals surface area contributed by atoms with E-state index in [0.717, 1.165) is 35.5 Å². The van der Waals surface area contributed by atoms with Gasteiger partial charge >= 0.3 is 0 Å². The summed E-state index contributed by atoms with van der Waals surface area (Å²) in [6.07, 6.45) is 1.43. The van der Waals surface area contributed by atoms with Gasteiger partial charge in [0.25, 0.3) is 5.91 Å². The summed E-state index contributed by atoms with van der Waals surface area (Å²) in [6.45, 7) is 5.14. The number of carbonyl (C=O) groups is 1. The number of halogens is 2. The summed E-state index contributed by atoms with van der Waals surface area (Å²) in [6, 6.07) is 4.35. The molecule has 180 valence electrons. The van der Waals surface area contributed by atoms with Crippen LogP contribution in [-0.2, 0) is 13.1 Å². The Hall–Kier alpha value is -2.75. The molecule has 34 heavy (non-hydrogen) atoms. The van der Waals surface area contributed by atoms with Gasteiger partial charge in [-0.1, -0.05) is 11.6 Å². The number of ether oxygens (including phenoxy) is 1. The number of aromatic nitrogens is 3. The van der Waals surface area contributed by atoms with Crippen molar-refractivity contribution >= 4 is 23.2 Å². The zero-order chi connectivity index (χ0) is 24.1. The Balaban J connectivity index is 1.34. The highest BCUT2D eigenvalue weighted by atomic mass is 35.5. The molecular formula is C24H27ClFN5O3. The fourth-order valence-electron chi connectivity index (χ4n) is 4.71. The molecule has 10 heteroatoms. The lowest BCUT2D eigenvalue weighted by molar-refractivity contribution is 0.0219. The first kappa shape index (κ1) is 23.0. The molecule has 0 radical (unpaired) electrons. The molecule has 5 rings (SSSR count). The van der Waals surface area contributed by atoms with E-state index in [1.54, 1.807) is 9.42 Å². The van der Waals surface area contributed by atoms with Gasteiger partial charge in [0, 0.05) is 37.1 Å². The normalized spacial score (nSPS) is 19.6.